The maximum absolute atomic E-state index is 14.7. The summed E-state index contributed by atoms with van der Waals surface area (Å²) in [4.78, 5) is 42.1. The minimum atomic E-state index is -2.15. The quantitative estimate of drug-likeness (QED) is 0.158. The zero-order valence-corrected chi connectivity index (χ0v) is 29.6. The Morgan fingerprint density at radius 2 is 1.61 bits per heavy atom. The molecular weight excluding hydrogens is 640 g/mol. The number of allylic oxidation sites excluding steroid dienone is 4. The molecule has 1 heterocycles. The van der Waals surface area contributed by atoms with Crippen molar-refractivity contribution in [2.45, 2.75) is 135 Å². The number of Topliss-reactive ketones (excluding diaryl/α,β-unsaturated/α-hetero) is 3. The van der Waals surface area contributed by atoms with Crippen LogP contribution >= 0.6 is 0 Å². The van der Waals surface area contributed by atoms with Gasteiger partial charge >= 0.3 is 0 Å². The van der Waals surface area contributed by atoms with Crippen molar-refractivity contribution in [3.05, 3.63) is 23.5 Å². The lowest BCUT2D eigenvalue weighted by Gasteiger charge is -2.63. The molecule has 2 saturated carbocycles. The van der Waals surface area contributed by atoms with E-state index in [-0.39, 0.29) is 24.4 Å². The van der Waals surface area contributed by atoms with Crippen molar-refractivity contribution in [3.8, 4) is 0 Å². The first kappa shape index (κ1) is 38.2. The van der Waals surface area contributed by atoms with Crippen LogP contribution in [0.1, 0.15) is 81.1 Å². The minimum Gasteiger partial charge on any atom is -0.459 e. The van der Waals surface area contributed by atoms with Crippen molar-refractivity contribution < 1.29 is 64.7 Å². The molecule has 1 saturated heterocycles. The Labute approximate surface area is 286 Å². The average Bonchev–Trinajstić information content (AvgIpc) is 3.20. The first-order valence-electron chi connectivity index (χ1n) is 17.1. The van der Waals surface area contributed by atoms with Gasteiger partial charge in [0.15, 0.2) is 11.5 Å². The molecule has 14 atom stereocenters. The maximum Gasteiger partial charge on any atom is 0.229 e. The molecule has 276 valence electrons. The molecule has 3 fully saturated rings. The van der Waals surface area contributed by atoms with E-state index in [0.717, 1.165) is 0 Å². The molecule has 0 aromatic heterocycles. The van der Waals surface area contributed by atoms with Gasteiger partial charge < -0.3 is 50.3 Å². The van der Waals surface area contributed by atoms with Crippen LogP contribution in [0.2, 0.25) is 0 Å². The van der Waals surface area contributed by atoms with Crippen LogP contribution in [0.3, 0.4) is 0 Å². The first-order valence-corrected chi connectivity index (χ1v) is 17.1. The number of rotatable bonds is 8. The lowest BCUT2D eigenvalue weighted by atomic mass is 9.39. The molecule has 4 aliphatic carbocycles. The Morgan fingerprint density at radius 1 is 1.00 bits per heavy atom. The van der Waals surface area contributed by atoms with Crippen LogP contribution in [0.5, 0.6) is 0 Å². The second-order valence-electron chi connectivity index (χ2n) is 17.1. The third-order valence-electron chi connectivity index (χ3n) is 13.5. The number of carbonyl (C=O) groups excluding carboxylic acids is 3. The highest BCUT2D eigenvalue weighted by atomic mass is 16.7. The summed E-state index contributed by atoms with van der Waals surface area (Å²) < 4.78 is 11.4. The van der Waals surface area contributed by atoms with Crippen molar-refractivity contribution >= 4 is 17.3 Å². The molecule has 0 amide bonds. The molecule has 5 aliphatic rings. The molecule has 13 heteroatoms. The van der Waals surface area contributed by atoms with E-state index in [1.165, 1.54) is 26.8 Å². The van der Waals surface area contributed by atoms with Crippen molar-refractivity contribution in [2.24, 2.45) is 39.4 Å². The number of fused-ring (bicyclic) bond motifs is 5. The van der Waals surface area contributed by atoms with Gasteiger partial charge in [0.1, 0.15) is 35.8 Å². The Balaban J connectivity index is 1.53. The molecule has 13 nitrogen and oxygen atoms in total. The van der Waals surface area contributed by atoms with Crippen LogP contribution in [0, 0.1) is 39.4 Å². The van der Waals surface area contributed by atoms with Gasteiger partial charge in [0.25, 0.3) is 0 Å². The van der Waals surface area contributed by atoms with Crippen LogP contribution < -0.4 is 0 Å². The van der Waals surface area contributed by atoms with Crippen molar-refractivity contribution in [2.75, 3.05) is 6.61 Å². The fraction of sp³-hybridized carbons (Fsp3) is 0.806. The van der Waals surface area contributed by atoms with Crippen LogP contribution in [-0.2, 0) is 23.9 Å². The number of aliphatic hydroxyl groups excluding tert-OH is 6. The lowest BCUT2D eigenvalue weighted by Crippen LogP contribution is -2.64. The predicted octanol–water partition coefficient (Wildman–Crippen LogP) is 0.0727. The van der Waals surface area contributed by atoms with E-state index in [1.807, 2.05) is 26.8 Å². The van der Waals surface area contributed by atoms with Crippen molar-refractivity contribution in [3.63, 3.8) is 0 Å². The average molecular weight is 695 g/mol. The second kappa shape index (κ2) is 12.0. The van der Waals surface area contributed by atoms with Crippen LogP contribution in [0.15, 0.2) is 23.5 Å². The first-order chi connectivity index (χ1) is 22.3. The summed E-state index contributed by atoms with van der Waals surface area (Å²) in [6, 6.07) is 0. The summed E-state index contributed by atoms with van der Waals surface area (Å²) in [6.45, 7) is 12.3. The number of aliphatic hydroxyl groups is 8. The standard InChI is InChI=1S/C36H54O13/c1-31(2)16-9-10-21-33(5)13-18(38)28(36(8,47)23(40)12-22(39)32(3,4)46)34(33,6)14-24(41)35(21,7)17(16)11-19(29(31)45)48-30-27(44)26(43)25(42)20(15-37)49-30/h9,11,17-18,20-22,25-28,30,37-39,42-44,46-47H,10,12-15H2,1-8H3. The summed E-state index contributed by atoms with van der Waals surface area (Å²) in [5.74, 6) is -3.78. The Hall–Kier alpha value is -2.07. The fourth-order valence-electron chi connectivity index (χ4n) is 10.1. The van der Waals surface area contributed by atoms with Gasteiger partial charge in [-0.1, -0.05) is 32.4 Å². The van der Waals surface area contributed by atoms with E-state index in [2.05, 4.69) is 0 Å². The third kappa shape index (κ3) is 5.42. The van der Waals surface area contributed by atoms with Gasteiger partial charge in [0.2, 0.25) is 12.1 Å². The van der Waals surface area contributed by atoms with E-state index < -0.39 is 118 Å². The Bertz CT molecular complexity index is 1440. The predicted molar refractivity (Wildman–Crippen MR) is 172 cm³/mol. The molecule has 0 aromatic rings. The van der Waals surface area contributed by atoms with Gasteiger partial charge in [-0.05, 0) is 70.3 Å². The Morgan fingerprint density at radius 3 is 2.18 bits per heavy atom. The smallest absolute Gasteiger partial charge is 0.229 e. The molecule has 49 heavy (non-hydrogen) atoms. The number of carbonyl (C=O) groups is 3. The third-order valence-corrected chi connectivity index (χ3v) is 13.5. The van der Waals surface area contributed by atoms with Gasteiger partial charge in [0, 0.05) is 30.1 Å². The largest absolute Gasteiger partial charge is 0.459 e. The number of hydrogen-bond acceptors (Lipinski definition) is 13. The minimum absolute atomic E-state index is 0.107. The molecule has 0 radical (unpaired) electrons. The van der Waals surface area contributed by atoms with Crippen LogP contribution in [-0.4, -0.2) is 119 Å². The maximum atomic E-state index is 14.7. The van der Waals surface area contributed by atoms with Crippen molar-refractivity contribution in [1.82, 2.24) is 0 Å². The summed E-state index contributed by atoms with van der Waals surface area (Å²) in [7, 11) is 0. The SMILES string of the molecule is CC1(C)C(=O)C(OC2OC(CO)C(O)C(O)C2O)=CC2C1=CCC1C2(C)C(=O)CC2(C)C(C(C)(O)C(=O)CC(O)C(C)(C)O)C(O)CC12C. The molecule has 8 N–H and O–H groups in total. The number of ketones is 3. The monoisotopic (exact) mass is 694 g/mol. The topological polar surface area (TPSA) is 232 Å². The van der Waals surface area contributed by atoms with Gasteiger partial charge in [-0.15, -0.1) is 0 Å². The molecular formula is C36H54O13. The van der Waals surface area contributed by atoms with Gasteiger partial charge in [-0.25, -0.2) is 0 Å². The number of ether oxygens (including phenoxy) is 2. The highest BCUT2D eigenvalue weighted by molar-refractivity contribution is 6.02. The molecule has 0 spiro atoms. The van der Waals surface area contributed by atoms with E-state index in [9.17, 15) is 55.2 Å². The summed E-state index contributed by atoms with van der Waals surface area (Å²) in [5, 5.41) is 85.0. The molecule has 0 aromatic carbocycles. The summed E-state index contributed by atoms with van der Waals surface area (Å²) in [6.07, 6.45) is -7.26. The summed E-state index contributed by atoms with van der Waals surface area (Å²) >= 11 is 0. The highest BCUT2D eigenvalue weighted by Crippen LogP contribution is 2.74. The van der Waals surface area contributed by atoms with E-state index in [4.69, 9.17) is 9.47 Å². The van der Waals surface area contributed by atoms with E-state index >= 15 is 0 Å². The Kier molecular flexibility index (Phi) is 9.34. The van der Waals surface area contributed by atoms with Crippen LogP contribution in [0.4, 0.5) is 0 Å². The zero-order valence-electron chi connectivity index (χ0n) is 29.6. The van der Waals surface area contributed by atoms with Gasteiger partial charge in [0.05, 0.1) is 29.8 Å². The highest BCUT2D eigenvalue weighted by Gasteiger charge is 2.74. The van der Waals surface area contributed by atoms with Crippen LogP contribution in [0.25, 0.3) is 0 Å². The number of hydrogen-bond donors (Lipinski definition) is 8. The summed E-state index contributed by atoms with van der Waals surface area (Å²) in [5.41, 5.74) is -7.23. The zero-order chi connectivity index (χ0) is 37.0. The van der Waals surface area contributed by atoms with E-state index in [1.54, 1.807) is 13.8 Å². The molecule has 5 rings (SSSR count). The lowest BCUT2D eigenvalue weighted by molar-refractivity contribution is -0.291. The van der Waals surface area contributed by atoms with Crippen molar-refractivity contribution in [1.29, 1.82) is 0 Å². The normalized spacial score (nSPS) is 45.3. The molecule has 1 aliphatic heterocycles. The second-order valence-corrected chi connectivity index (χ2v) is 17.1. The molecule has 14 unspecified atom stereocenters. The van der Waals surface area contributed by atoms with Gasteiger partial charge in [-0.2, -0.15) is 0 Å². The van der Waals surface area contributed by atoms with Gasteiger partial charge in [-0.3, -0.25) is 14.4 Å². The fourth-order valence-corrected chi connectivity index (χ4v) is 10.1. The van der Waals surface area contributed by atoms with E-state index in [0.29, 0.717) is 12.0 Å². The molecule has 0 bridgehead atoms.